The molecule has 6 aromatic carbocycles. The molecule has 0 aliphatic heterocycles. The quantitative estimate of drug-likeness (QED) is 0.0137. The third-order valence-corrected chi connectivity index (χ3v) is 14.7. The van der Waals surface area contributed by atoms with Crippen LogP contribution in [0, 0.1) is 12.8 Å². The molecule has 17 nitrogen and oxygen atoms in total. The smallest absolute Gasteiger partial charge is 0.366 e. The minimum absolute atomic E-state index is 0.0440. The van der Waals surface area contributed by atoms with E-state index in [1.54, 1.807) is 68.4 Å². The Bertz CT molecular complexity index is 3590. The molecule has 0 aromatic heterocycles. The van der Waals surface area contributed by atoms with Gasteiger partial charge in [-0.3, -0.25) is 4.79 Å². The van der Waals surface area contributed by atoms with Crippen LogP contribution in [0.2, 0.25) is 0 Å². The molecule has 0 fully saturated rings. The Hall–Kier alpha value is -9.62. The molecule has 0 spiro atoms. The van der Waals surface area contributed by atoms with Gasteiger partial charge in [0.25, 0.3) is 0 Å². The average molecular weight is 1210 g/mol. The number of hydrogen-bond donors (Lipinski definition) is 1. The van der Waals surface area contributed by atoms with Gasteiger partial charge in [-0.15, -0.1) is 0 Å². The summed E-state index contributed by atoms with van der Waals surface area (Å²) < 4.78 is 81.9. The SMILES string of the molecule is C=CC(=O)OCCCCCCOc1cc(CC2c3cc(OCCOC(=O)C(C)CO)ccc3-c3ccc(C(=O)Oc4ccc(OCCCOC(=O)C(=C)F)c(C)c4)cc32)c2c(c1)C(C)c1cc(C(=O)Oc3ccc(OCCOC(=O)C(=C)F)cc3)ccc1-2. The van der Waals surface area contributed by atoms with Crippen LogP contribution in [-0.4, -0.2) is 100 Å². The fourth-order valence-corrected chi connectivity index (χ4v) is 10.2. The maximum absolute atomic E-state index is 14.2. The number of halogens is 2. The Morgan fingerprint density at radius 2 is 1.07 bits per heavy atom. The summed E-state index contributed by atoms with van der Waals surface area (Å²) in [4.78, 5) is 74.7. The summed E-state index contributed by atoms with van der Waals surface area (Å²) in [5, 5.41) is 9.44. The van der Waals surface area contributed by atoms with Crippen molar-refractivity contribution in [3.8, 4) is 56.8 Å². The first kappa shape index (κ1) is 64.4. The van der Waals surface area contributed by atoms with Crippen molar-refractivity contribution in [1.29, 1.82) is 0 Å². The second kappa shape index (κ2) is 30.6. The minimum atomic E-state index is -1.21. The van der Waals surface area contributed by atoms with Gasteiger partial charge in [-0.1, -0.05) is 44.9 Å². The molecule has 6 aromatic rings. The van der Waals surface area contributed by atoms with E-state index in [0.29, 0.717) is 72.2 Å². The summed E-state index contributed by atoms with van der Waals surface area (Å²) in [7, 11) is 0. The van der Waals surface area contributed by atoms with Gasteiger partial charge < -0.3 is 52.5 Å². The number of hydrogen-bond acceptors (Lipinski definition) is 17. The van der Waals surface area contributed by atoms with Crippen molar-refractivity contribution in [2.24, 2.45) is 5.92 Å². The lowest BCUT2D eigenvalue weighted by atomic mass is 9.85. The van der Waals surface area contributed by atoms with Gasteiger partial charge in [0.15, 0.2) is 0 Å². The number of aliphatic hydroxyl groups excluding tert-OH is 1. The topological polar surface area (TPSA) is 215 Å². The predicted molar refractivity (Wildman–Crippen MR) is 320 cm³/mol. The molecule has 460 valence electrons. The first-order valence-corrected chi connectivity index (χ1v) is 28.8. The third-order valence-electron chi connectivity index (χ3n) is 14.7. The normalized spacial score (nSPS) is 13.5. The van der Waals surface area contributed by atoms with Crippen molar-refractivity contribution in [2.75, 3.05) is 59.5 Å². The van der Waals surface area contributed by atoms with Crippen molar-refractivity contribution >= 4 is 35.8 Å². The fraction of sp³-hybridized carbons (Fsp3) is 0.304. The van der Waals surface area contributed by atoms with Crippen molar-refractivity contribution in [2.45, 2.75) is 71.1 Å². The van der Waals surface area contributed by atoms with Crippen molar-refractivity contribution in [3.63, 3.8) is 0 Å². The van der Waals surface area contributed by atoms with E-state index in [1.165, 1.54) is 0 Å². The summed E-state index contributed by atoms with van der Waals surface area (Å²) in [6.07, 6.45) is 4.93. The first-order chi connectivity index (χ1) is 42.4. The molecular formula is C69H68F2O17. The van der Waals surface area contributed by atoms with E-state index in [-0.39, 0.29) is 69.6 Å². The zero-order valence-corrected chi connectivity index (χ0v) is 49.2. The van der Waals surface area contributed by atoms with Crippen LogP contribution in [0.3, 0.4) is 0 Å². The molecule has 0 radical (unpaired) electrons. The number of unbranched alkanes of at least 4 members (excludes halogenated alkanes) is 3. The molecule has 0 saturated heterocycles. The number of carbonyl (C=O) groups is 6. The highest BCUT2D eigenvalue weighted by Gasteiger charge is 2.35. The molecule has 0 amide bonds. The highest BCUT2D eigenvalue weighted by atomic mass is 19.1. The molecule has 0 saturated carbocycles. The van der Waals surface area contributed by atoms with E-state index in [2.05, 4.69) is 26.7 Å². The van der Waals surface area contributed by atoms with Gasteiger partial charge in [0.2, 0.25) is 11.7 Å². The molecule has 2 aliphatic carbocycles. The van der Waals surface area contributed by atoms with E-state index in [9.17, 15) is 42.7 Å². The average Bonchev–Trinajstić information content (AvgIpc) is 1.69. The minimum Gasteiger partial charge on any atom is -0.494 e. The van der Waals surface area contributed by atoms with Crippen LogP contribution >= 0.6 is 0 Å². The number of benzene rings is 6. The largest absolute Gasteiger partial charge is 0.494 e. The van der Waals surface area contributed by atoms with Crippen LogP contribution in [0.25, 0.3) is 22.3 Å². The Labute approximate surface area is 508 Å². The standard InChI is InChI=1S/C69H68F2O17/c1-7-63(73)83-26-11-9-8-10-25-79-53-34-48(64-56-22-14-46(35-57(56)43(4)58(64)39-53)68(77)87-50-17-15-49(16-18-50)80-29-32-86-67(76)45(6)71)37-60-59-36-47(69(78)88-52-20-24-62(41(2)33-52)82-27-12-28-84-66(75)44(5)70)13-21-54(59)55-23-19-51(38-61(55)60)81-30-31-85-65(74)42(3)40-72/h7,13-24,33-36,38-39,42-43,60,72H,1,5-6,8-12,25-32,37,40H2,2-4H3. The molecule has 0 heterocycles. The second-order valence-electron chi connectivity index (χ2n) is 20.9. The number of carbonyl (C=O) groups excluding carboxylic acids is 6. The molecule has 88 heavy (non-hydrogen) atoms. The Morgan fingerprint density at radius 3 is 1.74 bits per heavy atom. The number of fused-ring (bicyclic) bond motifs is 6. The van der Waals surface area contributed by atoms with Crippen LogP contribution in [0.1, 0.15) is 112 Å². The molecule has 19 heteroatoms. The van der Waals surface area contributed by atoms with E-state index in [4.69, 9.17) is 47.4 Å². The number of ether oxygens (including phenoxy) is 10. The lowest BCUT2D eigenvalue weighted by Gasteiger charge is -2.20. The first-order valence-electron chi connectivity index (χ1n) is 28.8. The Morgan fingerprint density at radius 1 is 0.534 bits per heavy atom. The second-order valence-corrected chi connectivity index (χ2v) is 20.9. The maximum atomic E-state index is 14.2. The molecular weight excluding hydrogens is 1140 g/mol. The number of rotatable bonds is 32. The van der Waals surface area contributed by atoms with E-state index in [0.717, 1.165) is 75.4 Å². The number of aryl methyl sites for hydroxylation is 1. The highest BCUT2D eigenvalue weighted by Crippen LogP contribution is 2.53. The van der Waals surface area contributed by atoms with Gasteiger partial charge in [0.1, 0.15) is 60.9 Å². The molecule has 8 rings (SSSR count). The van der Waals surface area contributed by atoms with E-state index < -0.39 is 53.4 Å². The zero-order valence-electron chi connectivity index (χ0n) is 49.2. The van der Waals surface area contributed by atoms with E-state index >= 15 is 0 Å². The van der Waals surface area contributed by atoms with Crippen LogP contribution in [0.5, 0.6) is 34.5 Å². The molecule has 2 aliphatic rings. The summed E-state index contributed by atoms with van der Waals surface area (Å²) in [5.41, 5.74) is 9.54. The Kier molecular flexibility index (Phi) is 22.4. The van der Waals surface area contributed by atoms with Gasteiger partial charge in [-0.2, -0.15) is 8.78 Å². The predicted octanol–water partition coefficient (Wildman–Crippen LogP) is 12.3. The highest BCUT2D eigenvalue weighted by molar-refractivity contribution is 5.95. The zero-order chi connectivity index (χ0) is 62.9. The molecule has 3 atom stereocenters. The van der Waals surface area contributed by atoms with Gasteiger partial charge in [-0.25, -0.2) is 24.0 Å². The van der Waals surface area contributed by atoms with Gasteiger partial charge >= 0.3 is 35.8 Å². The summed E-state index contributed by atoms with van der Waals surface area (Å²) >= 11 is 0. The Balaban J connectivity index is 1.07. The molecule has 3 unspecified atom stereocenters. The number of aliphatic hydroxyl groups is 1. The molecule has 1 N–H and O–H groups in total. The molecule has 0 bridgehead atoms. The third kappa shape index (κ3) is 16.7. The maximum Gasteiger partial charge on any atom is 0.366 e. The van der Waals surface area contributed by atoms with Crippen molar-refractivity contribution in [3.05, 3.63) is 191 Å². The lowest BCUT2D eigenvalue weighted by molar-refractivity contribution is -0.150. The van der Waals surface area contributed by atoms with E-state index in [1.807, 2.05) is 54.6 Å². The lowest BCUT2D eigenvalue weighted by Crippen LogP contribution is -2.20. The summed E-state index contributed by atoms with van der Waals surface area (Å²) in [5.74, 6) is -5.55. The van der Waals surface area contributed by atoms with Crippen LogP contribution in [-0.2, 0) is 44.5 Å². The van der Waals surface area contributed by atoms with Crippen LogP contribution < -0.4 is 28.4 Å². The fourth-order valence-electron chi connectivity index (χ4n) is 10.2. The van der Waals surface area contributed by atoms with Gasteiger partial charge in [-0.05, 0) is 193 Å². The van der Waals surface area contributed by atoms with Gasteiger partial charge in [0, 0.05) is 24.3 Å². The summed E-state index contributed by atoms with van der Waals surface area (Å²) in [6, 6.07) is 32.0. The monoisotopic (exact) mass is 1210 g/mol. The van der Waals surface area contributed by atoms with Crippen molar-refractivity contribution < 1.29 is 90.0 Å². The van der Waals surface area contributed by atoms with Crippen molar-refractivity contribution in [1.82, 2.24) is 0 Å². The van der Waals surface area contributed by atoms with Gasteiger partial charge in [0.05, 0.1) is 50.1 Å². The number of esters is 6. The van der Waals surface area contributed by atoms with Crippen LogP contribution in [0.15, 0.2) is 147 Å². The van der Waals surface area contributed by atoms with Crippen LogP contribution in [0.4, 0.5) is 8.78 Å². The summed E-state index contributed by atoms with van der Waals surface area (Å²) in [6.45, 7) is 14.9.